The van der Waals surface area contributed by atoms with Crippen LogP contribution in [-0.2, 0) is 4.79 Å². The quantitative estimate of drug-likeness (QED) is 0.896. The lowest BCUT2D eigenvalue weighted by molar-refractivity contribution is -0.123. The van der Waals surface area contributed by atoms with E-state index in [1.54, 1.807) is 6.07 Å². The molecule has 5 nitrogen and oxygen atoms in total. The van der Waals surface area contributed by atoms with Gasteiger partial charge in [-0.15, -0.1) is 0 Å². The van der Waals surface area contributed by atoms with Gasteiger partial charge in [-0.25, -0.2) is 4.39 Å². The first kappa shape index (κ1) is 16.4. The van der Waals surface area contributed by atoms with Gasteiger partial charge in [0.05, 0.1) is 11.1 Å². The lowest BCUT2D eigenvalue weighted by Gasteiger charge is -2.15. The second-order valence-electron chi connectivity index (χ2n) is 5.27. The first-order chi connectivity index (χ1) is 11.5. The zero-order chi connectivity index (χ0) is 17.1. The van der Waals surface area contributed by atoms with Crippen LogP contribution in [-0.4, -0.2) is 19.3 Å². The molecular weight excluding hydrogens is 337 g/mol. The number of hydrogen-bond donors (Lipinski definition) is 1. The van der Waals surface area contributed by atoms with Crippen molar-refractivity contribution in [2.24, 2.45) is 0 Å². The third-order valence-electron chi connectivity index (χ3n) is 3.54. The average molecular weight is 352 g/mol. The topological polar surface area (TPSA) is 56.8 Å². The van der Waals surface area contributed by atoms with Crippen molar-refractivity contribution in [1.29, 1.82) is 0 Å². The number of benzene rings is 2. The Hall–Kier alpha value is -2.47. The fourth-order valence-corrected chi connectivity index (χ4v) is 2.44. The third-order valence-corrected chi connectivity index (χ3v) is 3.82. The number of fused-ring (bicyclic) bond motifs is 1. The van der Waals surface area contributed by atoms with Gasteiger partial charge in [0.1, 0.15) is 11.6 Å². The van der Waals surface area contributed by atoms with Crippen LogP contribution in [0.5, 0.6) is 17.2 Å². The molecule has 1 aliphatic rings. The van der Waals surface area contributed by atoms with Crippen molar-refractivity contribution in [3.63, 3.8) is 0 Å². The Morgan fingerprint density at radius 2 is 2.08 bits per heavy atom. The van der Waals surface area contributed by atoms with E-state index < -0.39 is 5.82 Å². The molecule has 126 valence electrons. The monoisotopic (exact) mass is 351 g/mol. The normalized spacial score (nSPS) is 13.5. The number of nitrogens with one attached hydrogen (secondary N) is 1. The van der Waals surface area contributed by atoms with Gasteiger partial charge in [0.2, 0.25) is 6.79 Å². The minimum atomic E-state index is -0.537. The van der Waals surface area contributed by atoms with Crippen molar-refractivity contribution < 1.29 is 23.4 Å². The van der Waals surface area contributed by atoms with E-state index in [2.05, 4.69) is 5.32 Å². The van der Waals surface area contributed by atoms with Crippen LogP contribution in [0.2, 0.25) is 5.02 Å². The Labute approximate surface area is 143 Å². The van der Waals surface area contributed by atoms with Gasteiger partial charge < -0.3 is 19.5 Å². The summed E-state index contributed by atoms with van der Waals surface area (Å²) in [5.41, 5.74) is 0.887. The molecule has 1 amide bonds. The molecule has 0 fully saturated rings. The maximum absolute atomic E-state index is 13.1. The molecule has 2 aromatic carbocycles. The molecule has 1 heterocycles. The average Bonchev–Trinajstić information content (AvgIpc) is 3.03. The SMILES string of the molecule is C[C@@H](NC(=O)COc1ccc(F)c(Cl)c1)c1ccc2c(c1)OCO2. The lowest BCUT2D eigenvalue weighted by atomic mass is 10.1. The van der Waals surface area contributed by atoms with E-state index in [4.69, 9.17) is 25.8 Å². The van der Waals surface area contributed by atoms with E-state index in [9.17, 15) is 9.18 Å². The first-order valence-electron chi connectivity index (χ1n) is 7.29. The predicted molar refractivity (Wildman–Crippen MR) is 86.0 cm³/mol. The number of halogens is 2. The summed E-state index contributed by atoms with van der Waals surface area (Å²) in [4.78, 5) is 12.0. The van der Waals surface area contributed by atoms with Crippen LogP contribution in [0.4, 0.5) is 4.39 Å². The van der Waals surface area contributed by atoms with Gasteiger partial charge >= 0.3 is 0 Å². The van der Waals surface area contributed by atoms with E-state index in [0.717, 1.165) is 5.56 Å². The van der Waals surface area contributed by atoms with Crippen LogP contribution in [0.25, 0.3) is 0 Å². The number of amides is 1. The third kappa shape index (κ3) is 3.71. The van der Waals surface area contributed by atoms with Gasteiger partial charge in [0.15, 0.2) is 18.1 Å². The maximum atomic E-state index is 13.1. The highest BCUT2D eigenvalue weighted by Gasteiger charge is 2.17. The molecule has 0 aliphatic carbocycles. The lowest BCUT2D eigenvalue weighted by Crippen LogP contribution is -2.31. The molecule has 0 aromatic heterocycles. The highest BCUT2D eigenvalue weighted by molar-refractivity contribution is 6.30. The molecule has 1 atom stereocenters. The van der Waals surface area contributed by atoms with Crippen molar-refractivity contribution in [3.8, 4) is 17.2 Å². The molecule has 2 aromatic rings. The Balaban J connectivity index is 1.55. The molecule has 0 saturated heterocycles. The van der Waals surface area contributed by atoms with Crippen LogP contribution in [0.1, 0.15) is 18.5 Å². The molecule has 0 bridgehead atoms. The van der Waals surface area contributed by atoms with Crippen molar-refractivity contribution in [2.75, 3.05) is 13.4 Å². The number of carbonyl (C=O) groups is 1. The molecule has 0 radical (unpaired) electrons. The summed E-state index contributed by atoms with van der Waals surface area (Å²) in [5.74, 6) is 0.831. The number of ether oxygens (including phenoxy) is 3. The van der Waals surface area contributed by atoms with Crippen LogP contribution in [0.3, 0.4) is 0 Å². The summed E-state index contributed by atoms with van der Waals surface area (Å²) < 4.78 is 28.9. The largest absolute Gasteiger partial charge is 0.484 e. The van der Waals surface area contributed by atoms with E-state index >= 15 is 0 Å². The van der Waals surface area contributed by atoms with E-state index in [1.807, 2.05) is 19.1 Å². The minimum absolute atomic E-state index is 0.0540. The number of hydrogen-bond acceptors (Lipinski definition) is 4. The summed E-state index contributed by atoms with van der Waals surface area (Å²) >= 11 is 5.66. The van der Waals surface area contributed by atoms with Crippen LogP contribution in [0.15, 0.2) is 36.4 Å². The number of rotatable bonds is 5. The molecular formula is C17H15ClFNO4. The fourth-order valence-electron chi connectivity index (χ4n) is 2.26. The Bertz CT molecular complexity index is 768. The predicted octanol–water partition coefficient (Wildman–Crippen LogP) is 3.46. The standard InChI is InChI=1S/C17H15ClFNO4/c1-10(11-2-5-15-16(6-11)24-9-23-15)20-17(21)8-22-12-3-4-14(19)13(18)7-12/h2-7,10H,8-9H2,1H3,(H,20,21)/t10-/m1/s1. The van der Waals surface area contributed by atoms with Gasteiger partial charge in [0, 0.05) is 6.07 Å². The molecule has 1 N–H and O–H groups in total. The zero-order valence-electron chi connectivity index (χ0n) is 12.8. The smallest absolute Gasteiger partial charge is 0.258 e. The minimum Gasteiger partial charge on any atom is -0.484 e. The van der Waals surface area contributed by atoms with Crippen molar-refractivity contribution in [1.82, 2.24) is 5.32 Å². The van der Waals surface area contributed by atoms with Gasteiger partial charge in [-0.1, -0.05) is 17.7 Å². The molecule has 1 aliphatic heterocycles. The van der Waals surface area contributed by atoms with Crippen molar-refractivity contribution in [2.45, 2.75) is 13.0 Å². The molecule has 7 heteroatoms. The Morgan fingerprint density at radius 1 is 1.29 bits per heavy atom. The first-order valence-corrected chi connectivity index (χ1v) is 7.67. The Morgan fingerprint density at radius 3 is 2.88 bits per heavy atom. The molecule has 3 rings (SSSR count). The highest BCUT2D eigenvalue weighted by atomic mass is 35.5. The fraction of sp³-hybridized carbons (Fsp3) is 0.235. The van der Waals surface area contributed by atoms with Crippen LogP contribution < -0.4 is 19.5 Å². The van der Waals surface area contributed by atoms with Crippen LogP contribution >= 0.6 is 11.6 Å². The summed E-state index contributed by atoms with van der Waals surface area (Å²) in [6, 6.07) is 9.18. The second-order valence-corrected chi connectivity index (χ2v) is 5.67. The van der Waals surface area contributed by atoms with Crippen molar-refractivity contribution in [3.05, 3.63) is 52.8 Å². The highest BCUT2D eigenvalue weighted by Crippen LogP contribution is 2.34. The second kappa shape index (κ2) is 6.97. The van der Waals surface area contributed by atoms with E-state index in [1.165, 1.54) is 18.2 Å². The summed E-state index contributed by atoms with van der Waals surface area (Å²) in [6.07, 6.45) is 0. The van der Waals surface area contributed by atoms with E-state index in [0.29, 0.717) is 17.2 Å². The van der Waals surface area contributed by atoms with Gasteiger partial charge in [-0.05, 0) is 36.8 Å². The molecule has 0 unspecified atom stereocenters. The summed E-state index contributed by atoms with van der Waals surface area (Å²) in [5, 5.41) is 2.76. The molecule has 24 heavy (non-hydrogen) atoms. The van der Waals surface area contributed by atoms with Gasteiger partial charge in [-0.2, -0.15) is 0 Å². The van der Waals surface area contributed by atoms with Crippen LogP contribution in [0, 0.1) is 5.82 Å². The number of carbonyl (C=O) groups excluding carboxylic acids is 1. The van der Waals surface area contributed by atoms with E-state index in [-0.39, 0.29) is 30.4 Å². The van der Waals surface area contributed by atoms with Crippen molar-refractivity contribution >= 4 is 17.5 Å². The molecule has 0 spiro atoms. The zero-order valence-corrected chi connectivity index (χ0v) is 13.6. The van der Waals surface area contributed by atoms with Gasteiger partial charge in [-0.3, -0.25) is 4.79 Å². The Kier molecular flexibility index (Phi) is 4.76. The maximum Gasteiger partial charge on any atom is 0.258 e. The van der Waals surface area contributed by atoms with Gasteiger partial charge in [0.25, 0.3) is 5.91 Å². The molecule has 0 saturated carbocycles. The summed E-state index contributed by atoms with van der Waals surface area (Å²) in [7, 11) is 0. The summed E-state index contributed by atoms with van der Waals surface area (Å²) in [6.45, 7) is 1.86.